The van der Waals surface area contributed by atoms with E-state index in [1.807, 2.05) is 22.4 Å². The fraction of sp³-hybridized carbons (Fsp3) is 0.500. The minimum absolute atomic E-state index is 0. The van der Waals surface area contributed by atoms with Crippen LogP contribution in [0.1, 0.15) is 16.1 Å². The molecule has 3 nitrogen and oxygen atoms in total. The van der Waals surface area contributed by atoms with Crippen LogP contribution in [0.2, 0.25) is 0 Å². The molecule has 1 aliphatic rings. The maximum Gasteiger partial charge on any atom is 0.263 e. The summed E-state index contributed by atoms with van der Waals surface area (Å²) in [6.45, 7) is 3.64. The van der Waals surface area contributed by atoms with E-state index in [9.17, 15) is 4.79 Å². The predicted molar refractivity (Wildman–Crippen MR) is 65.0 cm³/mol. The molecule has 1 aromatic heterocycles. The van der Waals surface area contributed by atoms with E-state index in [0.717, 1.165) is 37.5 Å². The van der Waals surface area contributed by atoms with Crippen molar-refractivity contribution >= 4 is 29.7 Å². The minimum Gasteiger partial charge on any atom is -0.337 e. The van der Waals surface area contributed by atoms with Crippen LogP contribution in [0.25, 0.3) is 0 Å². The Balaban J connectivity index is 0.00000112. The predicted octanol–water partition coefficient (Wildman–Crippen LogP) is 1.61. The molecule has 0 radical (unpaired) electrons. The Morgan fingerprint density at radius 3 is 3.00 bits per heavy atom. The van der Waals surface area contributed by atoms with Gasteiger partial charge < -0.3 is 10.2 Å². The monoisotopic (exact) mass is 246 g/mol. The topological polar surface area (TPSA) is 32.3 Å². The normalized spacial score (nSPS) is 16.7. The zero-order valence-electron chi connectivity index (χ0n) is 8.44. The van der Waals surface area contributed by atoms with Crippen molar-refractivity contribution in [3.63, 3.8) is 0 Å². The SMILES string of the molecule is Cl.O=C(c1cccs1)N1CCCNCC1. The van der Waals surface area contributed by atoms with Gasteiger partial charge in [-0.15, -0.1) is 23.7 Å². The third-order valence-corrected chi connectivity index (χ3v) is 3.22. The minimum atomic E-state index is 0. The first-order valence-electron chi connectivity index (χ1n) is 4.91. The summed E-state index contributed by atoms with van der Waals surface area (Å²) in [5.41, 5.74) is 0. The van der Waals surface area contributed by atoms with Gasteiger partial charge >= 0.3 is 0 Å². The van der Waals surface area contributed by atoms with Crippen molar-refractivity contribution in [3.05, 3.63) is 22.4 Å². The molecular formula is C10H15ClN2OS. The van der Waals surface area contributed by atoms with Crippen LogP contribution in [0.15, 0.2) is 17.5 Å². The van der Waals surface area contributed by atoms with E-state index in [-0.39, 0.29) is 18.3 Å². The molecule has 1 saturated heterocycles. The number of rotatable bonds is 1. The van der Waals surface area contributed by atoms with Gasteiger partial charge in [-0.25, -0.2) is 0 Å². The molecule has 1 amide bonds. The van der Waals surface area contributed by atoms with Crippen LogP contribution in [-0.4, -0.2) is 37.0 Å². The molecule has 1 aliphatic heterocycles. The summed E-state index contributed by atoms with van der Waals surface area (Å²) in [4.78, 5) is 14.7. The molecule has 0 spiro atoms. The number of nitrogens with one attached hydrogen (secondary N) is 1. The standard InChI is InChI=1S/C10H14N2OS.ClH/c13-10(9-3-1-8-14-9)12-6-2-4-11-5-7-12;/h1,3,8,11H,2,4-7H2;1H. The third kappa shape index (κ3) is 3.19. The molecule has 0 bridgehead atoms. The van der Waals surface area contributed by atoms with Crippen molar-refractivity contribution in [2.45, 2.75) is 6.42 Å². The molecule has 1 N–H and O–H groups in total. The molecule has 2 rings (SSSR count). The largest absolute Gasteiger partial charge is 0.337 e. The molecule has 2 heterocycles. The number of amides is 1. The smallest absolute Gasteiger partial charge is 0.263 e. The number of hydrogen-bond acceptors (Lipinski definition) is 3. The van der Waals surface area contributed by atoms with Crippen molar-refractivity contribution in [2.24, 2.45) is 0 Å². The number of carbonyl (C=O) groups is 1. The van der Waals surface area contributed by atoms with E-state index in [1.54, 1.807) is 0 Å². The van der Waals surface area contributed by atoms with E-state index >= 15 is 0 Å². The highest BCUT2D eigenvalue weighted by Crippen LogP contribution is 2.12. The highest BCUT2D eigenvalue weighted by atomic mass is 35.5. The summed E-state index contributed by atoms with van der Waals surface area (Å²) in [5, 5.41) is 5.23. The van der Waals surface area contributed by atoms with Crippen molar-refractivity contribution in [1.29, 1.82) is 0 Å². The highest BCUT2D eigenvalue weighted by molar-refractivity contribution is 7.12. The summed E-state index contributed by atoms with van der Waals surface area (Å²) in [6, 6.07) is 3.82. The number of halogens is 1. The van der Waals surface area contributed by atoms with Crippen molar-refractivity contribution < 1.29 is 4.79 Å². The Bertz CT molecular complexity index is 294. The Kier molecular flexibility index (Phi) is 5.08. The Hall–Kier alpha value is -0.580. The zero-order valence-corrected chi connectivity index (χ0v) is 10.1. The van der Waals surface area contributed by atoms with Crippen LogP contribution in [0.4, 0.5) is 0 Å². The first-order chi connectivity index (χ1) is 6.88. The number of hydrogen-bond donors (Lipinski definition) is 1. The van der Waals surface area contributed by atoms with Gasteiger partial charge in [0.05, 0.1) is 4.88 Å². The van der Waals surface area contributed by atoms with Gasteiger partial charge in [0, 0.05) is 19.6 Å². The molecule has 84 valence electrons. The lowest BCUT2D eigenvalue weighted by atomic mass is 10.3. The van der Waals surface area contributed by atoms with Gasteiger partial charge in [0.1, 0.15) is 0 Å². The van der Waals surface area contributed by atoms with Crippen LogP contribution in [0.3, 0.4) is 0 Å². The van der Waals surface area contributed by atoms with Crippen molar-refractivity contribution in [2.75, 3.05) is 26.2 Å². The van der Waals surface area contributed by atoms with Crippen molar-refractivity contribution in [3.8, 4) is 0 Å². The van der Waals surface area contributed by atoms with Gasteiger partial charge in [0.25, 0.3) is 5.91 Å². The van der Waals surface area contributed by atoms with Gasteiger partial charge in [0.2, 0.25) is 0 Å². The van der Waals surface area contributed by atoms with Crippen molar-refractivity contribution in [1.82, 2.24) is 10.2 Å². The van der Waals surface area contributed by atoms with E-state index in [1.165, 1.54) is 11.3 Å². The fourth-order valence-electron chi connectivity index (χ4n) is 1.60. The number of nitrogens with zero attached hydrogens (tertiary/aromatic N) is 1. The van der Waals surface area contributed by atoms with E-state index < -0.39 is 0 Å². The molecule has 1 aromatic rings. The molecular weight excluding hydrogens is 232 g/mol. The van der Waals surface area contributed by atoms with Gasteiger partial charge in [0.15, 0.2) is 0 Å². The number of thiophene rings is 1. The molecule has 0 aromatic carbocycles. The molecule has 5 heteroatoms. The Morgan fingerprint density at radius 1 is 1.40 bits per heavy atom. The lowest BCUT2D eigenvalue weighted by Gasteiger charge is -2.18. The first-order valence-corrected chi connectivity index (χ1v) is 5.79. The molecule has 0 saturated carbocycles. The second-order valence-electron chi connectivity index (χ2n) is 3.37. The second-order valence-corrected chi connectivity index (χ2v) is 4.32. The second kappa shape index (κ2) is 6.10. The summed E-state index contributed by atoms with van der Waals surface area (Å²) < 4.78 is 0. The van der Waals surface area contributed by atoms with E-state index in [2.05, 4.69) is 5.32 Å². The van der Waals surface area contributed by atoms with Gasteiger partial charge in [-0.2, -0.15) is 0 Å². The number of carbonyl (C=O) groups excluding carboxylic acids is 1. The summed E-state index contributed by atoms with van der Waals surface area (Å²) >= 11 is 1.52. The van der Waals surface area contributed by atoms with Crippen LogP contribution >= 0.6 is 23.7 Å². The average Bonchev–Trinajstić information content (AvgIpc) is 2.59. The lowest BCUT2D eigenvalue weighted by Crippen LogP contribution is -2.33. The van der Waals surface area contributed by atoms with E-state index in [0.29, 0.717) is 0 Å². The Labute approximate surface area is 99.9 Å². The summed E-state index contributed by atoms with van der Waals surface area (Å²) in [7, 11) is 0. The zero-order chi connectivity index (χ0) is 9.80. The van der Waals surface area contributed by atoms with Gasteiger partial charge in [-0.05, 0) is 24.4 Å². The van der Waals surface area contributed by atoms with Crippen LogP contribution in [0.5, 0.6) is 0 Å². The molecule has 0 aliphatic carbocycles. The summed E-state index contributed by atoms with van der Waals surface area (Å²) in [6.07, 6.45) is 1.05. The van der Waals surface area contributed by atoms with Gasteiger partial charge in [-0.1, -0.05) is 6.07 Å². The molecule has 0 atom stereocenters. The van der Waals surface area contributed by atoms with Gasteiger partial charge in [-0.3, -0.25) is 4.79 Å². The third-order valence-electron chi connectivity index (χ3n) is 2.36. The molecule has 1 fully saturated rings. The molecule has 15 heavy (non-hydrogen) atoms. The van der Waals surface area contributed by atoms with Crippen LogP contribution in [0, 0.1) is 0 Å². The average molecular weight is 247 g/mol. The Morgan fingerprint density at radius 2 is 2.27 bits per heavy atom. The molecule has 0 unspecified atom stereocenters. The first kappa shape index (κ1) is 12.5. The fourth-order valence-corrected chi connectivity index (χ4v) is 2.30. The lowest BCUT2D eigenvalue weighted by molar-refractivity contribution is 0.0771. The maximum atomic E-state index is 11.9. The van der Waals surface area contributed by atoms with E-state index in [4.69, 9.17) is 0 Å². The van der Waals surface area contributed by atoms with Crippen LogP contribution < -0.4 is 5.32 Å². The highest BCUT2D eigenvalue weighted by Gasteiger charge is 2.17. The maximum absolute atomic E-state index is 11.9. The summed E-state index contributed by atoms with van der Waals surface area (Å²) in [5.74, 6) is 0.184. The van der Waals surface area contributed by atoms with Crippen LogP contribution in [-0.2, 0) is 0 Å². The quantitative estimate of drug-likeness (QED) is 0.817.